The largest absolute Gasteiger partial charge is 0.454 e. The number of likely N-dealkylation sites (N-methyl/N-ethyl adjacent to an activating group) is 1. The number of nitrogens with one attached hydrogen (secondary N) is 1. The van der Waals surface area contributed by atoms with E-state index in [4.69, 9.17) is 4.74 Å². The molecule has 1 heterocycles. The van der Waals surface area contributed by atoms with Gasteiger partial charge in [-0.05, 0) is 30.7 Å². The van der Waals surface area contributed by atoms with Gasteiger partial charge in [0.05, 0.1) is 6.04 Å². The standard InChI is InChI=1S/C17H19FN4O3/c1-12(13-4-6-14(18)7-5-13)21-15(23)11-25-16(24)10-22(2)17-19-8-3-9-20-17/h3-9,12H,10-11H2,1-2H3,(H,21,23). The van der Waals surface area contributed by atoms with Crippen molar-refractivity contribution in [3.8, 4) is 0 Å². The second kappa shape index (κ2) is 8.72. The van der Waals surface area contributed by atoms with Gasteiger partial charge in [-0.1, -0.05) is 12.1 Å². The molecule has 25 heavy (non-hydrogen) atoms. The Morgan fingerprint density at radius 2 is 1.88 bits per heavy atom. The van der Waals surface area contributed by atoms with Crippen molar-refractivity contribution in [3.63, 3.8) is 0 Å². The number of nitrogens with zero attached hydrogens (tertiary/aromatic N) is 3. The Morgan fingerprint density at radius 3 is 2.52 bits per heavy atom. The van der Waals surface area contributed by atoms with Gasteiger partial charge in [0.25, 0.3) is 5.91 Å². The van der Waals surface area contributed by atoms with E-state index in [1.54, 1.807) is 44.6 Å². The van der Waals surface area contributed by atoms with Gasteiger partial charge >= 0.3 is 5.97 Å². The molecule has 7 nitrogen and oxygen atoms in total. The average Bonchev–Trinajstić information content (AvgIpc) is 2.61. The highest BCUT2D eigenvalue weighted by Gasteiger charge is 2.14. The Balaban J connectivity index is 1.75. The number of amides is 1. The third-order valence-electron chi connectivity index (χ3n) is 3.37. The van der Waals surface area contributed by atoms with Crippen LogP contribution in [0.25, 0.3) is 0 Å². The molecule has 0 spiro atoms. The molecule has 0 aliphatic carbocycles. The van der Waals surface area contributed by atoms with Gasteiger partial charge in [0.15, 0.2) is 6.61 Å². The van der Waals surface area contributed by atoms with Crippen molar-refractivity contribution in [2.75, 3.05) is 25.1 Å². The molecular formula is C17H19FN4O3. The maximum Gasteiger partial charge on any atom is 0.326 e. The highest BCUT2D eigenvalue weighted by molar-refractivity contribution is 5.82. The van der Waals surface area contributed by atoms with Crippen LogP contribution in [0, 0.1) is 5.82 Å². The average molecular weight is 346 g/mol. The molecule has 0 fully saturated rings. The SMILES string of the molecule is CC(NC(=O)COC(=O)CN(C)c1ncccn1)c1ccc(F)cc1. The molecule has 1 aromatic heterocycles. The fourth-order valence-corrected chi connectivity index (χ4v) is 2.06. The summed E-state index contributed by atoms with van der Waals surface area (Å²) in [6, 6.07) is 7.15. The molecule has 1 N–H and O–H groups in total. The molecule has 0 aliphatic rings. The van der Waals surface area contributed by atoms with Crippen molar-refractivity contribution in [2.24, 2.45) is 0 Å². The quantitative estimate of drug-likeness (QED) is 0.765. The Kier molecular flexibility index (Phi) is 6.39. The topological polar surface area (TPSA) is 84.4 Å². The predicted molar refractivity (Wildman–Crippen MR) is 89.2 cm³/mol. The first kappa shape index (κ1) is 18.3. The van der Waals surface area contributed by atoms with Crippen molar-refractivity contribution in [2.45, 2.75) is 13.0 Å². The van der Waals surface area contributed by atoms with E-state index in [2.05, 4.69) is 15.3 Å². The van der Waals surface area contributed by atoms with Gasteiger partial charge < -0.3 is 15.0 Å². The number of benzene rings is 1. The molecule has 2 aromatic rings. The fraction of sp³-hybridized carbons (Fsp3) is 0.294. The predicted octanol–water partition coefficient (Wildman–Crippen LogP) is 1.47. The van der Waals surface area contributed by atoms with E-state index >= 15 is 0 Å². The van der Waals surface area contributed by atoms with Crippen LogP contribution in [0.1, 0.15) is 18.5 Å². The van der Waals surface area contributed by atoms with Crippen molar-refractivity contribution in [3.05, 3.63) is 54.1 Å². The van der Waals surface area contributed by atoms with Gasteiger partial charge in [-0.2, -0.15) is 0 Å². The summed E-state index contributed by atoms with van der Waals surface area (Å²) < 4.78 is 17.8. The lowest BCUT2D eigenvalue weighted by molar-refractivity contribution is -0.147. The van der Waals surface area contributed by atoms with Gasteiger partial charge in [-0.15, -0.1) is 0 Å². The molecule has 0 saturated carbocycles. The van der Waals surface area contributed by atoms with Crippen LogP contribution in [0.2, 0.25) is 0 Å². The number of aromatic nitrogens is 2. The summed E-state index contributed by atoms with van der Waals surface area (Å²) in [4.78, 5) is 33.2. The first-order chi connectivity index (χ1) is 12.0. The van der Waals surface area contributed by atoms with Crippen LogP contribution in [-0.4, -0.2) is 42.0 Å². The summed E-state index contributed by atoms with van der Waals surface area (Å²) in [5.74, 6) is -0.972. The second-order valence-electron chi connectivity index (χ2n) is 5.41. The number of esters is 1. The molecule has 0 saturated heterocycles. The third-order valence-corrected chi connectivity index (χ3v) is 3.37. The number of rotatable bonds is 7. The second-order valence-corrected chi connectivity index (χ2v) is 5.41. The van der Waals surface area contributed by atoms with Gasteiger partial charge in [-0.3, -0.25) is 9.59 Å². The van der Waals surface area contributed by atoms with Gasteiger partial charge in [0.1, 0.15) is 12.4 Å². The molecule has 1 atom stereocenters. The minimum atomic E-state index is -0.570. The monoisotopic (exact) mass is 346 g/mol. The van der Waals surface area contributed by atoms with E-state index in [0.717, 1.165) is 5.56 Å². The molecule has 132 valence electrons. The Hall–Kier alpha value is -3.03. The van der Waals surface area contributed by atoms with Crippen LogP contribution < -0.4 is 10.2 Å². The van der Waals surface area contributed by atoms with Gasteiger partial charge in [-0.25, -0.2) is 14.4 Å². The Bertz CT molecular complexity index is 710. The van der Waals surface area contributed by atoms with Gasteiger partial charge in [0, 0.05) is 19.4 Å². The molecule has 1 unspecified atom stereocenters. The zero-order valence-electron chi connectivity index (χ0n) is 14.0. The van der Waals surface area contributed by atoms with E-state index in [0.29, 0.717) is 5.95 Å². The van der Waals surface area contributed by atoms with E-state index in [9.17, 15) is 14.0 Å². The number of carbonyl (C=O) groups excluding carboxylic acids is 2. The van der Waals surface area contributed by atoms with Crippen LogP contribution in [0.4, 0.5) is 10.3 Å². The molecule has 0 radical (unpaired) electrons. The molecule has 0 aliphatic heterocycles. The maximum absolute atomic E-state index is 12.9. The van der Waals surface area contributed by atoms with Crippen molar-refractivity contribution < 1.29 is 18.7 Å². The summed E-state index contributed by atoms with van der Waals surface area (Å²) in [6.07, 6.45) is 3.13. The number of hydrogen-bond acceptors (Lipinski definition) is 6. The maximum atomic E-state index is 12.9. The summed E-state index contributed by atoms with van der Waals surface area (Å²) in [6.45, 7) is 1.28. The smallest absolute Gasteiger partial charge is 0.326 e. The van der Waals surface area contributed by atoms with Crippen LogP contribution in [0.3, 0.4) is 0 Å². The minimum Gasteiger partial charge on any atom is -0.454 e. The zero-order valence-corrected chi connectivity index (χ0v) is 14.0. The summed E-state index contributed by atoms with van der Waals surface area (Å²) in [5, 5.41) is 2.68. The van der Waals surface area contributed by atoms with E-state index in [-0.39, 0.29) is 18.4 Å². The Morgan fingerprint density at radius 1 is 1.24 bits per heavy atom. The summed E-state index contributed by atoms with van der Waals surface area (Å²) in [7, 11) is 1.65. The molecule has 2 rings (SSSR count). The normalized spacial score (nSPS) is 11.5. The Labute approximate surface area is 144 Å². The van der Waals surface area contributed by atoms with Crippen LogP contribution in [0.15, 0.2) is 42.7 Å². The van der Waals surface area contributed by atoms with Crippen molar-refractivity contribution in [1.82, 2.24) is 15.3 Å². The zero-order chi connectivity index (χ0) is 18.2. The molecule has 1 aromatic carbocycles. The van der Waals surface area contributed by atoms with Crippen LogP contribution >= 0.6 is 0 Å². The molecule has 8 heteroatoms. The summed E-state index contributed by atoms with van der Waals surface area (Å²) >= 11 is 0. The first-order valence-corrected chi connectivity index (χ1v) is 7.64. The fourth-order valence-electron chi connectivity index (χ4n) is 2.06. The highest BCUT2D eigenvalue weighted by Crippen LogP contribution is 2.12. The van der Waals surface area contributed by atoms with E-state index < -0.39 is 18.5 Å². The van der Waals surface area contributed by atoms with Gasteiger partial charge in [0.2, 0.25) is 5.95 Å². The number of ether oxygens (including phenoxy) is 1. The summed E-state index contributed by atoms with van der Waals surface area (Å²) in [5.41, 5.74) is 0.752. The molecule has 1 amide bonds. The van der Waals surface area contributed by atoms with Crippen molar-refractivity contribution >= 4 is 17.8 Å². The lowest BCUT2D eigenvalue weighted by Gasteiger charge is -2.16. The first-order valence-electron chi connectivity index (χ1n) is 7.64. The molecule has 0 bridgehead atoms. The number of hydrogen-bond donors (Lipinski definition) is 1. The molecular weight excluding hydrogens is 327 g/mol. The van der Waals surface area contributed by atoms with Crippen LogP contribution in [0.5, 0.6) is 0 Å². The number of halogens is 1. The van der Waals surface area contributed by atoms with E-state index in [1.165, 1.54) is 17.0 Å². The van der Waals surface area contributed by atoms with E-state index in [1.807, 2.05) is 0 Å². The van der Waals surface area contributed by atoms with Crippen LogP contribution in [-0.2, 0) is 14.3 Å². The third kappa shape index (κ3) is 5.83. The highest BCUT2D eigenvalue weighted by atomic mass is 19.1. The minimum absolute atomic E-state index is 0.0786. The van der Waals surface area contributed by atoms with Crippen molar-refractivity contribution in [1.29, 1.82) is 0 Å². The lowest BCUT2D eigenvalue weighted by Crippen LogP contribution is -2.34. The number of anilines is 1. The lowest BCUT2D eigenvalue weighted by atomic mass is 10.1. The number of carbonyl (C=O) groups is 2.